The number of nitrogens with zero attached hydrogens (tertiary/aromatic N) is 3. The van der Waals surface area contributed by atoms with E-state index in [0.29, 0.717) is 16.7 Å². The Labute approximate surface area is 179 Å². The SMILES string of the molecule is O=C(Cc1ccccc1Cl)N(Cc1cccnc1)c1nc2ccc(Br)cc2s1. The van der Waals surface area contributed by atoms with E-state index >= 15 is 0 Å². The topological polar surface area (TPSA) is 46.1 Å². The van der Waals surface area contributed by atoms with Crippen molar-refractivity contribution < 1.29 is 4.79 Å². The minimum absolute atomic E-state index is 0.0601. The van der Waals surface area contributed by atoms with Gasteiger partial charge in [-0.1, -0.05) is 63.1 Å². The lowest BCUT2D eigenvalue weighted by molar-refractivity contribution is -0.118. The molecule has 0 radical (unpaired) electrons. The quantitative estimate of drug-likeness (QED) is 0.364. The summed E-state index contributed by atoms with van der Waals surface area (Å²) in [6.45, 7) is 0.401. The third-order valence-corrected chi connectivity index (χ3v) is 6.14. The van der Waals surface area contributed by atoms with Crippen molar-refractivity contribution in [1.29, 1.82) is 0 Å². The molecule has 4 nitrogen and oxygen atoms in total. The van der Waals surface area contributed by atoms with Gasteiger partial charge in [-0.2, -0.15) is 0 Å². The van der Waals surface area contributed by atoms with E-state index in [1.165, 1.54) is 11.3 Å². The van der Waals surface area contributed by atoms with Crippen molar-refractivity contribution in [3.05, 3.63) is 87.6 Å². The zero-order valence-electron chi connectivity index (χ0n) is 14.7. The number of halogens is 2. The van der Waals surface area contributed by atoms with Gasteiger partial charge in [-0.05, 0) is 41.5 Å². The summed E-state index contributed by atoms with van der Waals surface area (Å²) >= 11 is 11.2. The third-order valence-electron chi connectivity index (χ3n) is 4.23. The number of amides is 1. The number of carbonyl (C=O) groups excluding carboxylic acids is 1. The predicted octanol–water partition coefficient (Wildman–Crippen LogP) is 5.88. The van der Waals surface area contributed by atoms with Crippen LogP contribution in [0.15, 0.2) is 71.5 Å². The first-order valence-electron chi connectivity index (χ1n) is 8.59. The van der Waals surface area contributed by atoms with Gasteiger partial charge in [0.05, 0.1) is 23.2 Å². The summed E-state index contributed by atoms with van der Waals surface area (Å²) in [7, 11) is 0. The van der Waals surface area contributed by atoms with Crippen molar-refractivity contribution >= 4 is 60.1 Å². The van der Waals surface area contributed by atoms with Crippen LogP contribution in [-0.2, 0) is 17.8 Å². The van der Waals surface area contributed by atoms with Crippen LogP contribution in [0.1, 0.15) is 11.1 Å². The average Bonchev–Trinajstić information content (AvgIpc) is 3.11. The van der Waals surface area contributed by atoms with E-state index in [4.69, 9.17) is 11.6 Å². The minimum Gasteiger partial charge on any atom is -0.283 e. The Kier molecular flexibility index (Phi) is 5.71. The second-order valence-electron chi connectivity index (χ2n) is 6.22. The molecule has 0 saturated heterocycles. The zero-order chi connectivity index (χ0) is 19.5. The molecule has 2 heterocycles. The maximum Gasteiger partial charge on any atom is 0.233 e. The van der Waals surface area contributed by atoms with Crippen molar-refractivity contribution in [2.24, 2.45) is 0 Å². The molecule has 7 heteroatoms. The van der Waals surface area contributed by atoms with Crippen molar-refractivity contribution in [3.8, 4) is 0 Å². The van der Waals surface area contributed by atoms with Crippen LogP contribution >= 0.6 is 38.9 Å². The molecule has 0 unspecified atom stereocenters. The van der Waals surface area contributed by atoms with E-state index in [0.717, 1.165) is 25.8 Å². The lowest BCUT2D eigenvalue weighted by atomic mass is 10.1. The van der Waals surface area contributed by atoms with Crippen LogP contribution in [0.25, 0.3) is 10.2 Å². The largest absolute Gasteiger partial charge is 0.283 e. The highest BCUT2D eigenvalue weighted by molar-refractivity contribution is 9.10. The van der Waals surface area contributed by atoms with Crippen LogP contribution < -0.4 is 4.90 Å². The van der Waals surface area contributed by atoms with Crippen molar-refractivity contribution in [2.45, 2.75) is 13.0 Å². The smallest absolute Gasteiger partial charge is 0.233 e. The third kappa shape index (κ3) is 4.24. The summed E-state index contributed by atoms with van der Waals surface area (Å²) in [5, 5.41) is 1.25. The fourth-order valence-electron chi connectivity index (χ4n) is 2.84. The Balaban J connectivity index is 1.70. The molecule has 1 amide bonds. The monoisotopic (exact) mass is 471 g/mol. The molecular formula is C21H15BrClN3OS. The van der Waals surface area contributed by atoms with Crippen molar-refractivity contribution in [1.82, 2.24) is 9.97 Å². The van der Waals surface area contributed by atoms with Crippen LogP contribution in [0.4, 0.5) is 5.13 Å². The van der Waals surface area contributed by atoms with Crippen molar-refractivity contribution in [3.63, 3.8) is 0 Å². The van der Waals surface area contributed by atoms with Gasteiger partial charge in [0, 0.05) is 21.9 Å². The summed E-state index contributed by atoms with van der Waals surface area (Å²) in [5.74, 6) is -0.0601. The van der Waals surface area contributed by atoms with Gasteiger partial charge in [-0.25, -0.2) is 4.98 Å². The Hall–Kier alpha value is -2.28. The normalized spacial score (nSPS) is 10.9. The van der Waals surface area contributed by atoms with Gasteiger partial charge in [0.1, 0.15) is 0 Å². The standard InChI is InChI=1S/C21H15BrClN3OS/c22-16-7-8-18-19(11-16)28-21(25-18)26(13-14-4-3-9-24-12-14)20(27)10-15-5-1-2-6-17(15)23/h1-9,11-12H,10,13H2. The molecule has 2 aromatic carbocycles. The number of aromatic nitrogens is 2. The number of hydrogen-bond acceptors (Lipinski definition) is 4. The van der Waals surface area contributed by atoms with Crippen LogP contribution in [0.5, 0.6) is 0 Å². The Morgan fingerprint density at radius 1 is 1.14 bits per heavy atom. The molecule has 140 valence electrons. The summed E-state index contributed by atoms with van der Waals surface area (Å²) in [4.78, 5) is 23.8. The summed E-state index contributed by atoms with van der Waals surface area (Å²) in [6.07, 6.45) is 3.69. The number of carbonyl (C=O) groups is 1. The summed E-state index contributed by atoms with van der Waals surface area (Å²) < 4.78 is 2.00. The fraction of sp³-hybridized carbons (Fsp3) is 0.0952. The molecule has 2 aromatic heterocycles. The molecule has 0 aliphatic carbocycles. The molecule has 0 fully saturated rings. The molecule has 4 aromatic rings. The Morgan fingerprint density at radius 2 is 2.00 bits per heavy atom. The maximum absolute atomic E-state index is 13.2. The van der Waals surface area contributed by atoms with Gasteiger partial charge in [0.15, 0.2) is 5.13 Å². The number of hydrogen-bond donors (Lipinski definition) is 0. The molecule has 0 spiro atoms. The molecule has 0 aliphatic rings. The number of anilines is 1. The van der Waals surface area contributed by atoms with E-state index in [-0.39, 0.29) is 12.3 Å². The highest BCUT2D eigenvalue weighted by Crippen LogP contribution is 2.32. The van der Waals surface area contributed by atoms with Crippen LogP contribution in [0.2, 0.25) is 5.02 Å². The van der Waals surface area contributed by atoms with Crippen LogP contribution in [-0.4, -0.2) is 15.9 Å². The molecule has 0 N–H and O–H groups in total. The molecule has 0 saturated carbocycles. The lowest BCUT2D eigenvalue weighted by Gasteiger charge is -2.20. The number of benzene rings is 2. The van der Waals surface area contributed by atoms with Crippen molar-refractivity contribution in [2.75, 3.05) is 4.90 Å². The average molecular weight is 473 g/mol. The lowest BCUT2D eigenvalue weighted by Crippen LogP contribution is -2.31. The zero-order valence-corrected chi connectivity index (χ0v) is 17.8. The number of rotatable bonds is 5. The number of pyridine rings is 1. The van der Waals surface area contributed by atoms with Gasteiger partial charge >= 0.3 is 0 Å². The highest BCUT2D eigenvalue weighted by atomic mass is 79.9. The molecule has 0 atom stereocenters. The predicted molar refractivity (Wildman–Crippen MR) is 118 cm³/mol. The van der Waals surface area contributed by atoms with Gasteiger partial charge in [-0.3, -0.25) is 14.7 Å². The van der Waals surface area contributed by atoms with E-state index in [1.54, 1.807) is 23.4 Å². The Bertz CT molecular complexity index is 1130. The second kappa shape index (κ2) is 8.39. The van der Waals surface area contributed by atoms with E-state index in [2.05, 4.69) is 25.9 Å². The summed E-state index contributed by atoms with van der Waals surface area (Å²) in [6, 6.07) is 17.1. The van der Waals surface area contributed by atoms with Crippen LogP contribution in [0.3, 0.4) is 0 Å². The van der Waals surface area contributed by atoms with E-state index < -0.39 is 0 Å². The van der Waals surface area contributed by atoms with Gasteiger partial charge in [0.2, 0.25) is 5.91 Å². The first-order valence-corrected chi connectivity index (χ1v) is 10.6. The van der Waals surface area contributed by atoms with Gasteiger partial charge in [0.25, 0.3) is 0 Å². The second-order valence-corrected chi connectivity index (χ2v) is 8.55. The maximum atomic E-state index is 13.2. The molecule has 28 heavy (non-hydrogen) atoms. The molecule has 0 bridgehead atoms. The molecule has 4 rings (SSSR count). The first-order chi connectivity index (χ1) is 13.6. The number of thiazole rings is 1. The molecule has 0 aliphatic heterocycles. The van der Waals surface area contributed by atoms with Crippen LogP contribution in [0, 0.1) is 0 Å². The molecular weight excluding hydrogens is 458 g/mol. The van der Waals surface area contributed by atoms with E-state index in [1.807, 2.05) is 48.5 Å². The summed E-state index contributed by atoms with van der Waals surface area (Å²) in [5.41, 5.74) is 2.61. The fourth-order valence-corrected chi connectivity index (χ4v) is 4.58. The van der Waals surface area contributed by atoms with Gasteiger partial charge < -0.3 is 0 Å². The highest BCUT2D eigenvalue weighted by Gasteiger charge is 2.21. The van der Waals surface area contributed by atoms with E-state index in [9.17, 15) is 4.79 Å². The Morgan fingerprint density at radius 3 is 2.79 bits per heavy atom. The number of fused-ring (bicyclic) bond motifs is 1. The van der Waals surface area contributed by atoms with Gasteiger partial charge in [-0.15, -0.1) is 0 Å². The first kappa shape index (κ1) is 19.1. The minimum atomic E-state index is -0.0601.